The van der Waals surface area contributed by atoms with Crippen LogP contribution >= 0.6 is 11.3 Å². The molecule has 1 aliphatic rings. The SMILES string of the molecule is COC1(C)CCCN(C(=O)c2cccs2)C1. The molecule has 1 saturated heterocycles. The van der Waals surface area contributed by atoms with E-state index < -0.39 is 0 Å². The zero-order valence-electron chi connectivity index (χ0n) is 9.73. The molecule has 16 heavy (non-hydrogen) atoms. The van der Waals surface area contributed by atoms with Crippen LogP contribution in [0.25, 0.3) is 0 Å². The number of rotatable bonds is 2. The zero-order valence-corrected chi connectivity index (χ0v) is 10.5. The maximum Gasteiger partial charge on any atom is 0.264 e. The Balaban J connectivity index is 2.08. The van der Waals surface area contributed by atoms with Gasteiger partial charge in [-0.15, -0.1) is 11.3 Å². The van der Waals surface area contributed by atoms with Crippen molar-refractivity contribution in [2.45, 2.75) is 25.4 Å². The minimum absolute atomic E-state index is 0.137. The lowest BCUT2D eigenvalue weighted by Crippen LogP contribution is -2.49. The third kappa shape index (κ3) is 2.28. The van der Waals surface area contributed by atoms with Crippen molar-refractivity contribution in [3.05, 3.63) is 22.4 Å². The predicted molar refractivity (Wildman–Crippen MR) is 64.9 cm³/mol. The van der Waals surface area contributed by atoms with E-state index in [1.807, 2.05) is 22.4 Å². The molecule has 0 saturated carbocycles. The Kier molecular flexibility index (Phi) is 3.30. The van der Waals surface area contributed by atoms with E-state index in [-0.39, 0.29) is 11.5 Å². The number of thiophene rings is 1. The summed E-state index contributed by atoms with van der Waals surface area (Å²) in [6.07, 6.45) is 2.04. The van der Waals surface area contributed by atoms with Gasteiger partial charge in [0.1, 0.15) is 0 Å². The molecular weight excluding hydrogens is 222 g/mol. The van der Waals surface area contributed by atoms with Crippen molar-refractivity contribution >= 4 is 17.2 Å². The summed E-state index contributed by atoms with van der Waals surface area (Å²) in [5.41, 5.74) is -0.175. The summed E-state index contributed by atoms with van der Waals surface area (Å²) in [5.74, 6) is 0.137. The highest BCUT2D eigenvalue weighted by Crippen LogP contribution is 2.25. The van der Waals surface area contributed by atoms with Gasteiger partial charge < -0.3 is 9.64 Å². The first-order valence-corrected chi connectivity index (χ1v) is 6.40. The van der Waals surface area contributed by atoms with Crippen molar-refractivity contribution in [2.75, 3.05) is 20.2 Å². The minimum Gasteiger partial charge on any atom is -0.377 e. The van der Waals surface area contributed by atoms with E-state index in [2.05, 4.69) is 6.92 Å². The van der Waals surface area contributed by atoms with Gasteiger partial charge >= 0.3 is 0 Å². The molecule has 1 unspecified atom stereocenters. The second-order valence-corrected chi connectivity index (χ2v) is 5.41. The van der Waals surface area contributed by atoms with Crippen LogP contribution < -0.4 is 0 Å². The third-order valence-corrected chi connectivity index (χ3v) is 4.03. The summed E-state index contributed by atoms with van der Waals surface area (Å²) in [7, 11) is 1.72. The van der Waals surface area contributed by atoms with Crippen molar-refractivity contribution in [1.29, 1.82) is 0 Å². The predicted octanol–water partition coefficient (Wildman–Crippen LogP) is 2.39. The minimum atomic E-state index is -0.175. The topological polar surface area (TPSA) is 29.5 Å². The van der Waals surface area contributed by atoms with Crippen LogP contribution in [0.1, 0.15) is 29.4 Å². The van der Waals surface area contributed by atoms with E-state index >= 15 is 0 Å². The first-order valence-electron chi connectivity index (χ1n) is 5.52. The second kappa shape index (κ2) is 4.55. The Hall–Kier alpha value is -0.870. The van der Waals surface area contributed by atoms with E-state index in [9.17, 15) is 4.79 Å². The smallest absolute Gasteiger partial charge is 0.264 e. The molecule has 2 rings (SSSR count). The maximum atomic E-state index is 12.1. The molecule has 1 atom stereocenters. The number of carbonyl (C=O) groups excluding carboxylic acids is 1. The molecule has 1 aromatic rings. The molecule has 1 amide bonds. The maximum absolute atomic E-state index is 12.1. The molecule has 1 fully saturated rings. The number of nitrogens with zero attached hydrogens (tertiary/aromatic N) is 1. The lowest BCUT2D eigenvalue weighted by Gasteiger charge is -2.39. The highest BCUT2D eigenvalue weighted by molar-refractivity contribution is 7.12. The number of piperidine rings is 1. The van der Waals surface area contributed by atoms with E-state index in [0.717, 1.165) is 24.3 Å². The molecule has 1 aliphatic heterocycles. The van der Waals surface area contributed by atoms with E-state index in [4.69, 9.17) is 4.74 Å². The van der Waals surface area contributed by atoms with E-state index in [1.165, 1.54) is 11.3 Å². The highest BCUT2D eigenvalue weighted by atomic mass is 32.1. The van der Waals surface area contributed by atoms with Gasteiger partial charge in [0.2, 0.25) is 0 Å². The average Bonchev–Trinajstić information content (AvgIpc) is 2.82. The average molecular weight is 239 g/mol. The number of amides is 1. The first kappa shape index (κ1) is 11.6. The van der Waals surface area contributed by atoms with Crippen LogP contribution in [-0.2, 0) is 4.74 Å². The lowest BCUT2D eigenvalue weighted by atomic mass is 9.94. The summed E-state index contributed by atoms with van der Waals surface area (Å²) in [6.45, 7) is 3.61. The normalized spacial score (nSPS) is 25.8. The van der Waals surface area contributed by atoms with Crippen LogP contribution in [0.4, 0.5) is 0 Å². The number of hydrogen-bond donors (Lipinski definition) is 0. The Bertz CT molecular complexity index is 363. The van der Waals surface area contributed by atoms with E-state index in [1.54, 1.807) is 7.11 Å². The fourth-order valence-corrected chi connectivity index (χ4v) is 2.79. The Labute approximate surface area is 100 Å². The third-order valence-electron chi connectivity index (χ3n) is 3.17. The monoisotopic (exact) mass is 239 g/mol. The van der Waals surface area contributed by atoms with Gasteiger partial charge in [-0.3, -0.25) is 4.79 Å². The summed E-state index contributed by atoms with van der Waals surface area (Å²) in [5, 5.41) is 1.94. The molecule has 88 valence electrons. The largest absolute Gasteiger partial charge is 0.377 e. The fourth-order valence-electron chi connectivity index (χ4n) is 2.10. The molecular formula is C12H17NO2S. The number of hydrogen-bond acceptors (Lipinski definition) is 3. The first-order chi connectivity index (χ1) is 7.64. The van der Waals surface area contributed by atoms with Crippen molar-refractivity contribution in [3.8, 4) is 0 Å². The molecule has 0 aliphatic carbocycles. The number of carbonyl (C=O) groups is 1. The van der Waals surface area contributed by atoms with Gasteiger partial charge in [0.05, 0.1) is 10.5 Å². The van der Waals surface area contributed by atoms with Crippen LogP contribution in [0, 0.1) is 0 Å². The van der Waals surface area contributed by atoms with E-state index in [0.29, 0.717) is 6.54 Å². The zero-order chi connectivity index (χ0) is 11.6. The summed E-state index contributed by atoms with van der Waals surface area (Å²) in [6, 6.07) is 3.79. The van der Waals surface area contributed by atoms with Crippen LogP contribution in [0.15, 0.2) is 17.5 Å². The van der Waals surface area contributed by atoms with Gasteiger partial charge in [0.25, 0.3) is 5.91 Å². The van der Waals surface area contributed by atoms with Crippen LogP contribution in [0.2, 0.25) is 0 Å². The number of likely N-dealkylation sites (tertiary alicyclic amines) is 1. The van der Waals surface area contributed by atoms with Crippen molar-refractivity contribution in [3.63, 3.8) is 0 Å². The van der Waals surface area contributed by atoms with Gasteiger partial charge in [-0.1, -0.05) is 6.07 Å². The molecule has 1 aromatic heterocycles. The number of methoxy groups -OCH3 is 1. The molecule has 0 radical (unpaired) electrons. The molecule has 2 heterocycles. The molecule has 0 bridgehead atoms. The van der Waals surface area contributed by atoms with Crippen LogP contribution in [0.3, 0.4) is 0 Å². The van der Waals surface area contributed by atoms with Crippen molar-refractivity contribution in [2.24, 2.45) is 0 Å². The lowest BCUT2D eigenvalue weighted by molar-refractivity contribution is -0.0439. The van der Waals surface area contributed by atoms with Crippen LogP contribution in [0.5, 0.6) is 0 Å². The van der Waals surface area contributed by atoms with Gasteiger partial charge in [-0.2, -0.15) is 0 Å². The fraction of sp³-hybridized carbons (Fsp3) is 0.583. The highest BCUT2D eigenvalue weighted by Gasteiger charge is 2.33. The van der Waals surface area contributed by atoms with Crippen molar-refractivity contribution < 1.29 is 9.53 Å². The molecule has 4 heteroatoms. The molecule has 0 N–H and O–H groups in total. The summed E-state index contributed by atoms with van der Waals surface area (Å²) in [4.78, 5) is 14.9. The van der Waals surface area contributed by atoms with Crippen LogP contribution in [-0.4, -0.2) is 36.6 Å². The quantitative estimate of drug-likeness (QED) is 0.793. The van der Waals surface area contributed by atoms with Gasteiger partial charge in [-0.25, -0.2) is 0 Å². The second-order valence-electron chi connectivity index (χ2n) is 4.46. The van der Waals surface area contributed by atoms with Gasteiger partial charge in [0.15, 0.2) is 0 Å². The molecule has 0 aromatic carbocycles. The molecule has 0 spiro atoms. The Morgan fingerprint density at radius 2 is 2.44 bits per heavy atom. The summed E-state index contributed by atoms with van der Waals surface area (Å²) >= 11 is 1.50. The van der Waals surface area contributed by atoms with Gasteiger partial charge in [-0.05, 0) is 31.2 Å². The summed E-state index contributed by atoms with van der Waals surface area (Å²) < 4.78 is 5.49. The molecule has 3 nitrogen and oxygen atoms in total. The Morgan fingerprint density at radius 3 is 3.06 bits per heavy atom. The Morgan fingerprint density at radius 1 is 1.62 bits per heavy atom. The standard InChI is InChI=1S/C12H17NO2S/c1-12(15-2)6-4-7-13(9-12)11(14)10-5-3-8-16-10/h3,5,8H,4,6-7,9H2,1-2H3. The number of ether oxygens (including phenoxy) is 1. The van der Waals surface area contributed by atoms with Gasteiger partial charge in [0, 0.05) is 20.2 Å². The van der Waals surface area contributed by atoms with Crippen molar-refractivity contribution in [1.82, 2.24) is 4.90 Å².